The molecule has 0 radical (unpaired) electrons. The summed E-state index contributed by atoms with van der Waals surface area (Å²) >= 11 is 0. The second-order valence-corrected chi connectivity index (χ2v) is 4.61. The molecule has 7 heteroatoms. The van der Waals surface area contributed by atoms with E-state index in [1.165, 1.54) is 6.07 Å². The van der Waals surface area contributed by atoms with Gasteiger partial charge in [-0.2, -0.15) is 4.73 Å². The van der Waals surface area contributed by atoms with Crippen molar-refractivity contribution < 1.29 is 25.0 Å². The average Bonchev–Trinajstić information content (AvgIpc) is 2.83. The molecule has 7 nitrogen and oxygen atoms in total. The standard InChI is InChI=1S/C15H10N2O5/c18-14(19)9-6-12-10(16-13(9)15(20)21)7-11(17(12)22)8-4-2-1-3-5-8/h1-7,22H,(H,18,19)(H,20,21). The van der Waals surface area contributed by atoms with Gasteiger partial charge in [0.1, 0.15) is 5.52 Å². The van der Waals surface area contributed by atoms with Crippen LogP contribution in [0.5, 0.6) is 0 Å². The number of benzene rings is 1. The van der Waals surface area contributed by atoms with Gasteiger partial charge in [-0.3, -0.25) is 0 Å². The predicted octanol–water partition coefficient (Wildman–Crippen LogP) is 2.34. The van der Waals surface area contributed by atoms with Crippen LogP contribution in [0.4, 0.5) is 0 Å². The van der Waals surface area contributed by atoms with Crippen LogP contribution in [0.2, 0.25) is 0 Å². The number of nitrogens with zero attached hydrogens (tertiary/aromatic N) is 2. The molecule has 0 aliphatic heterocycles. The van der Waals surface area contributed by atoms with Gasteiger partial charge in [0.15, 0.2) is 5.69 Å². The summed E-state index contributed by atoms with van der Waals surface area (Å²) in [5, 5.41) is 28.4. The summed E-state index contributed by atoms with van der Waals surface area (Å²) in [4.78, 5) is 26.1. The molecule has 0 spiro atoms. The Balaban J connectivity index is 2.31. The van der Waals surface area contributed by atoms with Gasteiger partial charge in [0.25, 0.3) is 0 Å². The highest BCUT2D eigenvalue weighted by Gasteiger charge is 2.22. The number of aromatic carboxylic acids is 2. The molecular formula is C15H10N2O5. The van der Waals surface area contributed by atoms with Crippen molar-refractivity contribution in [3.05, 3.63) is 53.7 Å². The van der Waals surface area contributed by atoms with E-state index in [1.807, 2.05) is 6.07 Å². The van der Waals surface area contributed by atoms with Crippen molar-refractivity contribution in [2.45, 2.75) is 0 Å². The lowest BCUT2D eigenvalue weighted by Crippen LogP contribution is -2.11. The first-order chi connectivity index (χ1) is 10.5. The molecular weight excluding hydrogens is 288 g/mol. The number of rotatable bonds is 3. The van der Waals surface area contributed by atoms with E-state index in [0.29, 0.717) is 11.3 Å². The van der Waals surface area contributed by atoms with Crippen LogP contribution in [0.3, 0.4) is 0 Å². The lowest BCUT2D eigenvalue weighted by atomic mass is 10.1. The summed E-state index contributed by atoms with van der Waals surface area (Å²) < 4.78 is 0.801. The zero-order chi connectivity index (χ0) is 15.9. The highest BCUT2D eigenvalue weighted by molar-refractivity contribution is 6.03. The van der Waals surface area contributed by atoms with E-state index < -0.39 is 23.2 Å². The van der Waals surface area contributed by atoms with E-state index in [2.05, 4.69) is 4.98 Å². The van der Waals surface area contributed by atoms with Gasteiger partial charge >= 0.3 is 11.9 Å². The molecule has 22 heavy (non-hydrogen) atoms. The molecule has 0 atom stereocenters. The first-order valence-corrected chi connectivity index (χ1v) is 6.27. The topological polar surface area (TPSA) is 113 Å². The van der Waals surface area contributed by atoms with E-state index >= 15 is 0 Å². The summed E-state index contributed by atoms with van der Waals surface area (Å²) in [5.74, 6) is -2.86. The maximum absolute atomic E-state index is 11.2. The number of carboxylic acid groups (broad SMARTS) is 2. The molecule has 0 aliphatic rings. The number of hydrogen-bond acceptors (Lipinski definition) is 4. The first kappa shape index (κ1) is 13.6. The van der Waals surface area contributed by atoms with Gasteiger partial charge in [0.2, 0.25) is 0 Å². The molecule has 0 saturated heterocycles. The van der Waals surface area contributed by atoms with Crippen molar-refractivity contribution in [2.24, 2.45) is 0 Å². The Hall–Kier alpha value is -3.35. The van der Waals surface area contributed by atoms with Gasteiger partial charge in [-0.1, -0.05) is 30.3 Å². The minimum absolute atomic E-state index is 0.126. The zero-order valence-corrected chi connectivity index (χ0v) is 11.1. The van der Waals surface area contributed by atoms with Gasteiger partial charge in [0.05, 0.1) is 16.8 Å². The van der Waals surface area contributed by atoms with Crippen molar-refractivity contribution >= 4 is 23.0 Å². The highest BCUT2D eigenvalue weighted by Crippen LogP contribution is 2.27. The predicted molar refractivity (Wildman–Crippen MR) is 76.3 cm³/mol. The molecule has 2 aromatic heterocycles. The van der Waals surface area contributed by atoms with Crippen molar-refractivity contribution in [2.75, 3.05) is 0 Å². The van der Waals surface area contributed by atoms with Crippen molar-refractivity contribution in [3.63, 3.8) is 0 Å². The molecule has 0 fully saturated rings. The molecule has 0 aliphatic carbocycles. The van der Waals surface area contributed by atoms with Crippen LogP contribution in [0.25, 0.3) is 22.3 Å². The van der Waals surface area contributed by atoms with Crippen LogP contribution in [-0.4, -0.2) is 37.1 Å². The normalized spacial score (nSPS) is 10.7. The minimum Gasteiger partial charge on any atom is -0.478 e. The third-order valence-corrected chi connectivity index (χ3v) is 3.26. The Morgan fingerprint density at radius 2 is 1.68 bits per heavy atom. The number of pyridine rings is 1. The molecule has 3 aromatic rings. The van der Waals surface area contributed by atoms with Gasteiger partial charge in [-0.05, 0) is 12.1 Å². The van der Waals surface area contributed by atoms with Crippen molar-refractivity contribution in [3.8, 4) is 11.3 Å². The first-order valence-electron chi connectivity index (χ1n) is 6.27. The molecule has 2 heterocycles. The van der Waals surface area contributed by atoms with E-state index in [0.717, 1.165) is 10.8 Å². The number of hydrogen-bond donors (Lipinski definition) is 3. The maximum atomic E-state index is 11.2. The van der Waals surface area contributed by atoms with E-state index in [-0.39, 0.29) is 11.0 Å². The van der Waals surface area contributed by atoms with Gasteiger partial charge in [-0.15, -0.1) is 0 Å². The van der Waals surface area contributed by atoms with E-state index in [4.69, 9.17) is 10.2 Å². The number of carbonyl (C=O) groups is 2. The van der Waals surface area contributed by atoms with Crippen LogP contribution in [-0.2, 0) is 0 Å². The largest absolute Gasteiger partial charge is 0.478 e. The van der Waals surface area contributed by atoms with Crippen molar-refractivity contribution in [1.82, 2.24) is 9.71 Å². The zero-order valence-electron chi connectivity index (χ0n) is 11.1. The minimum atomic E-state index is -1.44. The second-order valence-electron chi connectivity index (χ2n) is 4.61. The summed E-state index contributed by atoms with van der Waals surface area (Å²) in [6.45, 7) is 0. The smallest absolute Gasteiger partial charge is 0.355 e. The van der Waals surface area contributed by atoms with Crippen LogP contribution in [0.1, 0.15) is 20.8 Å². The summed E-state index contributed by atoms with van der Waals surface area (Å²) in [6.07, 6.45) is 0. The Morgan fingerprint density at radius 1 is 1.00 bits per heavy atom. The number of carboxylic acids is 2. The monoisotopic (exact) mass is 298 g/mol. The van der Waals surface area contributed by atoms with E-state index in [9.17, 15) is 14.8 Å². The van der Waals surface area contributed by atoms with Crippen LogP contribution in [0.15, 0.2) is 42.5 Å². The SMILES string of the molecule is O=C(O)c1cc2c(cc(-c3ccccc3)n2O)nc1C(=O)O. The fraction of sp³-hybridized carbons (Fsp3) is 0. The number of fused-ring (bicyclic) bond motifs is 1. The molecule has 0 saturated carbocycles. The fourth-order valence-corrected chi connectivity index (χ4v) is 2.25. The lowest BCUT2D eigenvalue weighted by molar-refractivity contribution is 0.0647. The number of aromatic nitrogens is 2. The van der Waals surface area contributed by atoms with E-state index in [1.54, 1.807) is 24.3 Å². The molecule has 0 amide bonds. The third-order valence-electron chi connectivity index (χ3n) is 3.26. The van der Waals surface area contributed by atoms with Crippen LogP contribution < -0.4 is 0 Å². The molecule has 0 bridgehead atoms. The lowest BCUT2D eigenvalue weighted by Gasteiger charge is -2.04. The highest BCUT2D eigenvalue weighted by atomic mass is 16.5. The van der Waals surface area contributed by atoms with Crippen molar-refractivity contribution in [1.29, 1.82) is 0 Å². The Bertz CT molecular complexity index is 899. The third kappa shape index (κ3) is 2.05. The van der Waals surface area contributed by atoms with Gasteiger partial charge in [0, 0.05) is 5.56 Å². The van der Waals surface area contributed by atoms with Crippen LogP contribution in [0, 0.1) is 0 Å². The molecule has 1 aromatic carbocycles. The summed E-state index contributed by atoms with van der Waals surface area (Å²) in [7, 11) is 0. The van der Waals surface area contributed by atoms with Gasteiger partial charge in [-0.25, -0.2) is 14.6 Å². The quantitative estimate of drug-likeness (QED) is 0.640. The Kier molecular flexibility index (Phi) is 3.03. The maximum Gasteiger partial charge on any atom is 0.355 e. The Labute approximate surface area is 123 Å². The molecule has 3 N–H and O–H groups in total. The van der Waals surface area contributed by atoms with Gasteiger partial charge < -0.3 is 15.4 Å². The molecule has 3 rings (SSSR count). The Morgan fingerprint density at radius 3 is 2.27 bits per heavy atom. The summed E-state index contributed by atoms with van der Waals surface area (Å²) in [5.41, 5.74) is 0.363. The van der Waals surface area contributed by atoms with Crippen LogP contribution >= 0.6 is 0 Å². The molecule has 0 unspecified atom stereocenters. The second kappa shape index (κ2) is 4.88. The molecule has 110 valence electrons. The fourth-order valence-electron chi connectivity index (χ4n) is 2.25. The summed E-state index contributed by atoms with van der Waals surface area (Å²) in [6, 6.07) is 11.5. The average molecular weight is 298 g/mol.